The van der Waals surface area contributed by atoms with Crippen LogP contribution in [0.25, 0.3) is 10.6 Å². The predicted octanol–water partition coefficient (Wildman–Crippen LogP) is 4.60. The van der Waals surface area contributed by atoms with E-state index in [9.17, 15) is 15.4 Å². The zero-order chi connectivity index (χ0) is 14.7. The number of hydrogen-bond donors (Lipinski definition) is 0. The SMILES string of the molecule is Cc1cc([N+](=O)[O-])ccc1C(Cl)=C(C#N)c1cccs1. The standard InChI is InChI=1S/C14H9ClN2O2S/c1-9-7-10(17(18)19)4-5-11(9)14(15)12(8-16)13-3-2-6-20-13/h2-7H,1H3. The summed E-state index contributed by atoms with van der Waals surface area (Å²) in [5.74, 6) is 0. The lowest BCUT2D eigenvalue weighted by Gasteiger charge is -2.06. The molecule has 1 aromatic carbocycles. The molecular weight excluding hydrogens is 296 g/mol. The molecule has 0 aliphatic rings. The van der Waals surface area contributed by atoms with Crippen LogP contribution in [0.1, 0.15) is 16.0 Å². The number of nitro benzene ring substituents is 1. The third kappa shape index (κ3) is 2.72. The van der Waals surface area contributed by atoms with Crippen LogP contribution < -0.4 is 0 Å². The van der Waals surface area contributed by atoms with Crippen molar-refractivity contribution in [2.24, 2.45) is 0 Å². The van der Waals surface area contributed by atoms with Gasteiger partial charge in [0.25, 0.3) is 5.69 Å². The Morgan fingerprint density at radius 1 is 1.45 bits per heavy atom. The fraction of sp³-hybridized carbons (Fsp3) is 0.0714. The van der Waals surface area contributed by atoms with Crippen molar-refractivity contribution in [3.8, 4) is 6.07 Å². The number of rotatable bonds is 3. The molecule has 0 saturated carbocycles. The van der Waals surface area contributed by atoms with Crippen LogP contribution in [0.4, 0.5) is 5.69 Å². The average molecular weight is 305 g/mol. The molecule has 100 valence electrons. The third-order valence-corrected chi connectivity index (χ3v) is 4.04. The minimum Gasteiger partial charge on any atom is -0.258 e. The number of nitriles is 1. The zero-order valence-electron chi connectivity index (χ0n) is 10.5. The van der Waals surface area contributed by atoms with Crippen LogP contribution in [-0.4, -0.2) is 4.92 Å². The fourth-order valence-corrected chi connectivity index (χ4v) is 2.91. The van der Waals surface area contributed by atoms with Crippen molar-refractivity contribution >= 4 is 39.2 Å². The molecule has 20 heavy (non-hydrogen) atoms. The van der Waals surface area contributed by atoms with Gasteiger partial charge in [0.2, 0.25) is 0 Å². The minimum absolute atomic E-state index is 0.00495. The molecule has 2 rings (SSSR count). The first kappa shape index (κ1) is 14.3. The highest BCUT2D eigenvalue weighted by atomic mass is 35.5. The van der Waals surface area contributed by atoms with Gasteiger partial charge in [-0.05, 0) is 35.6 Å². The molecule has 6 heteroatoms. The van der Waals surface area contributed by atoms with Gasteiger partial charge in [-0.25, -0.2) is 0 Å². The van der Waals surface area contributed by atoms with Gasteiger partial charge in [-0.15, -0.1) is 11.3 Å². The van der Waals surface area contributed by atoms with E-state index in [1.54, 1.807) is 13.0 Å². The summed E-state index contributed by atoms with van der Waals surface area (Å²) in [4.78, 5) is 11.0. The molecular formula is C14H9ClN2O2S. The van der Waals surface area contributed by atoms with Crippen LogP contribution in [0, 0.1) is 28.4 Å². The second-order valence-corrected chi connectivity index (χ2v) is 5.36. The van der Waals surface area contributed by atoms with E-state index in [0.29, 0.717) is 21.7 Å². The van der Waals surface area contributed by atoms with E-state index < -0.39 is 4.92 Å². The minimum atomic E-state index is -0.459. The molecule has 0 unspecified atom stereocenters. The Morgan fingerprint density at radius 3 is 2.70 bits per heavy atom. The second kappa shape index (κ2) is 5.87. The topological polar surface area (TPSA) is 66.9 Å². The number of aryl methyl sites for hydroxylation is 1. The molecule has 2 aromatic rings. The van der Waals surface area contributed by atoms with Crippen LogP contribution in [-0.2, 0) is 0 Å². The lowest BCUT2D eigenvalue weighted by Crippen LogP contribution is -1.92. The summed E-state index contributed by atoms with van der Waals surface area (Å²) in [5, 5.41) is 22.2. The molecule has 0 spiro atoms. The maximum absolute atomic E-state index is 10.7. The molecule has 0 aliphatic heterocycles. The van der Waals surface area contributed by atoms with E-state index in [-0.39, 0.29) is 5.69 Å². The first-order chi connectivity index (χ1) is 9.54. The quantitative estimate of drug-likeness (QED) is 0.473. The summed E-state index contributed by atoms with van der Waals surface area (Å²) in [7, 11) is 0. The normalized spacial score (nSPS) is 11.7. The third-order valence-electron chi connectivity index (χ3n) is 2.76. The fourth-order valence-electron chi connectivity index (χ4n) is 1.78. The number of allylic oxidation sites excluding steroid dienone is 1. The van der Waals surface area contributed by atoms with Crippen molar-refractivity contribution in [1.82, 2.24) is 0 Å². The molecule has 0 fully saturated rings. The van der Waals surface area contributed by atoms with Crippen molar-refractivity contribution in [3.63, 3.8) is 0 Å². The second-order valence-electron chi connectivity index (χ2n) is 4.03. The van der Waals surface area contributed by atoms with E-state index in [1.807, 2.05) is 17.5 Å². The molecule has 0 N–H and O–H groups in total. The van der Waals surface area contributed by atoms with Crippen LogP contribution in [0.3, 0.4) is 0 Å². The average Bonchev–Trinajstić information content (AvgIpc) is 2.93. The monoisotopic (exact) mass is 304 g/mol. The van der Waals surface area contributed by atoms with Gasteiger partial charge < -0.3 is 0 Å². The van der Waals surface area contributed by atoms with E-state index >= 15 is 0 Å². The first-order valence-electron chi connectivity index (χ1n) is 5.63. The van der Waals surface area contributed by atoms with E-state index in [4.69, 9.17) is 11.6 Å². The molecule has 0 radical (unpaired) electrons. The molecule has 1 aromatic heterocycles. The number of non-ortho nitro benzene ring substituents is 1. The largest absolute Gasteiger partial charge is 0.269 e. The summed E-state index contributed by atoms with van der Waals surface area (Å²) in [6.07, 6.45) is 0. The number of halogens is 1. The lowest BCUT2D eigenvalue weighted by molar-refractivity contribution is -0.384. The van der Waals surface area contributed by atoms with Gasteiger partial charge in [0.15, 0.2) is 0 Å². The Kier molecular flexibility index (Phi) is 4.18. The molecule has 4 nitrogen and oxygen atoms in total. The Bertz CT molecular complexity index is 730. The van der Waals surface area contributed by atoms with Gasteiger partial charge >= 0.3 is 0 Å². The van der Waals surface area contributed by atoms with Crippen LogP contribution in [0.5, 0.6) is 0 Å². The van der Waals surface area contributed by atoms with E-state index in [1.165, 1.54) is 23.5 Å². The summed E-state index contributed by atoms with van der Waals surface area (Å²) in [5.41, 5.74) is 1.67. The first-order valence-corrected chi connectivity index (χ1v) is 6.89. The molecule has 0 amide bonds. The Balaban J connectivity index is 2.56. The Hall–Kier alpha value is -2.16. The Morgan fingerprint density at radius 2 is 2.20 bits per heavy atom. The van der Waals surface area contributed by atoms with Crippen molar-refractivity contribution in [3.05, 3.63) is 61.8 Å². The summed E-state index contributed by atoms with van der Waals surface area (Å²) >= 11 is 7.71. The Labute approximate surface area is 124 Å². The maximum Gasteiger partial charge on any atom is 0.269 e. The number of benzene rings is 1. The van der Waals surface area contributed by atoms with Crippen molar-refractivity contribution < 1.29 is 4.92 Å². The highest BCUT2D eigenvalue weighted by molar-refractivity contribution is 7.11. The van der Waals surface area contributed by atoms with E-state index in [0.717, 1.165) is 4.88 Å². The van der Waals surface area contributed by atoms with Gasteiger partial charge in [0.1, 0.15) is 6.07 Å². The molecule has 0 aliphatic carbocycles. The van der Waals surface area contributed by atoms with Crippen molar-refractivity contribution in [2.45, 2.75) is 6.92 Å². The van der Waals surface area contributed by atoms with Gasteiger partial charge in [0.05, 0.1) is 15.5 Å². The highest BCUT2D eigenvalue weighted by Gasteiger charge is 2.15. The van der Waals surface area contributed by atoms with Gasteiger partial charge in [0, 0.05) is 17.0 Å². The molecule has 0 saturated heterocycles. The molecule has 0 atom stereocenters. The molecule has 0 bridgehead atoms. The predicted molar refractivity (Wildman–Crippen MR) is 80.4 cm³/mol. The van der Waals surface area contributed by atoms with Crippen LogP contribution in [0.15, 0.2) is 35.7 Å². The van der Waals surface area contributed by atoms with Gasteiger partial charge in [-0.1, -0.05) is 17.7 Å². The summed E-state index contributed by atoms with van der Waals surface area (Å²) in [6.45, 7) is 1.73. The lowest BCUT2D eigenvalue weighted by atomic mass is 10.0. The highest BCUT2D eigenvalue weighted by Crippen LogP contribution is 2.34. The van der Waals surface area contributed by atoms with Gasteiger partial charge in [-0.3, -0.25) is 10.1 Å². The van der Waals surface area contributed by atoms with Crippen molar-refractivity contribution in [2.75, 3.05) is 0 Å². The van der Waals surface area contributed by atoms with E-state index in [2.05, 4.69) is 6.07 Å². The van der Waals surface area contributed by atoms with Gasteiger partial charge in [-0.2, -0.15) is 5.26 Å². The molecule has 1 heterocycles. The number of nitrogens with zero attached hydrogens (tertiary/aromatic N) is 2. The van der Waals surface area contributed by atoms with Crippen molar-refractivity contribution in [1.29, 1.82) is 5.26 Å². The number of nitro groups is 1. The number of hydrogen-bond acceptors (Lipinski definition) is 4. The van der Waals surface area contributed by atoms with Crippen LogP contribution in [0.2, 0.25) is 0 Å². The maximum atomic E-state index is 10.7. The zero-order valence-corrected chi connectivity index (χ0v) is 12.0. The number of thiophene rings is 1. The summed E-state index contributed by atoms with van der Waals surface area (Å²) in [6, 6.07) is 10.1. The summed E-state index contributed by atoms with van der Waals surface area (Å²) < 4.78 is 0. The smallest absolute Gasteiger partial charge is 0.258 e. The van der Waals surface area contributed by atoms with Crippen LogP contribution >= 0.6 is 22.9 Å².